The number of benzene rings is 1. The van der Waals surface area contributed by atoms with Crippen molar-refractivity contribution in [1.29, 1.82) is 0 Å². The van der Waals surface area contributed by atoms with Gasteiger partial charge in [0, 0.05) is 16.1 Å². The Kier molecular flexibility index (Phi) is 2.57. The molecule has 0 amide bonds. The zero-order valence-corrected chi connectivity index (χ0v) is 7.03. The summed E-state index contributed by atoms with van der Waals surface area (Å²) in [6.45, 7) is -0.438. The van der Waals surface area contributed by atoms with E-state index >= 15 is 0 Å². The fourth-order valence-electron chi connectivity index (χ4n) is 0.723. The summed E-state index contributed by atoms with van der Waals surface area (Å²) in [5.74, 6) is -1.40. The first-order valence-electron chi connectivity index (χ1n) is 2.89. The highest BCUT2D eigenvalue weighted by atomic mass is 79.9. The molecular formula is C7H5BrF2O. The smallest absolute Gasteiger partial charge is 0.132 e. The molecule has 1 nitrogen and oxygen atoms in total. The van der Waals surface area contributed by atoms with Crippen molar-refractivity contribution in [1.82, 2.24) is 0 Å². The van der Waals surface area contributed by atoms with Gasteiger partial charge in [-0.2, -0.15) is 0 Å². The van der Waals surface area contributed by atoms with E-state index in [-0.39, 0.29) is 10.0 Å². The first-order chi connectivity index (χ1) is 5.15. The van der Waals surface area contributed by atoms with Crippen molar-refractivity contribution in [2.45, 2.75) is 6.61 Å². The lowest BCUT2D eigenvalue weighted by atomic mass is 10.2. The molecule has 0 aliphatic carbocycles. The van der Waals surface area contributed by atoms with Gasteiger partial charge in [-0.05, 0) is 6.07 Å². The summed E-state index contributed by atoms with van der Waals surface area (Å²) in [6, 6.07) is 1.84. The zero-order chi connectivity index (χ0) is 8.43. The minimum atomic E-state index is -0.737. The van der Waals surface area contributed by atoms with E-state index in [9.17, 15) is 8.78 Å². The largest absolute Gasteiger partial charge is 0.392 e. The number of halogens is 3. The van der Waals surface area contributed by atoms with Crippen LogP contribution in [0, 0.1) is 11.6 Å². The molecule has 0 unspecified atom stereocenters. The molecule has 1 N–H and O–H groups in total. The van der Waals surface area contributed by atoms with Crippen LogP contribution in [0.2, 0.25) is 0 Å². The lowest BCUT2D eigenvalue weighted by Crippen LogP contribution is -1.92. The third kappa shape index (κ3) is 1.75. The quantitative estimate of drug-likeness (QED) is 0.773. The predicted octanol–water partition coefficient (Wildman–Crippen LogP) is 2.22. The van der Waals surface area contributed by atoms with E-state index in [0.717, 1.165) is 12.1 Å². The maximum Gasteiger partial charge on any atom is 0.132 e. The van der Waals surface area contributed by atoms with Crippen molar-refractivity contribution in [2.75, 3.05) is 0 Å². The maximum absolute atomic E-state index is 12.7. The van der Waals surface area contributed by atoms with E-state index in [1.165, 1.54) is 0 Å². The summed E-state index contributed by atoms with van der Waals surface area (Å²) in [5.41, 5.74) is 0.0754. The number of hydrogen-bond acceptors (Lipinski definition) is 1. The number of rotatable bonds is 1. The molecule has 0 bridgehead atoms. The summed E-state index contributed by atoms with van der Waals surface area (Å²) in [4.78, 5) is 0. The molecule has 4 heteroatoms. The molecule has 1 rings (SSSR count). The molecule has 0 fully saturated rings. The Morgan fingerprint density at radius 1 is 1.36 bits per heavy atom. The van der Waals surface area contributed by atoms with Crippen LogP contribution in [0.15, 0.2) is 16.6 Å². The normalized spacial score (nSPS) is 10.2. The van der Waals surface area contributed by atoms with E-state index in [1.807, 2.05) is 0 Å². The lowest BCUT2D eigenvalue weighted by Gasteiger charge is -2.01. The molecular weight excluding hydrogens is 218 g/mol. The Labute approximate surface area is 70.8 Å². The Morgan fingerprint density at radius 2 is 2.00 bits per heavy atom. The second-order valence-electron chi connectivity index (χ2n) is 2.01. The first-order valence-corrected chi connectivity index (χ1v) is 3.68. The Hall–Kier alpha value is -0.480. The van der Waals surface area contributed by atoms with Gasteiger partial charge in [0.05, 0.1) is 6.61 Å². The number of aliphatic hydroxyl groups is 1. The van der Waals surface area contributed by atoms with Gasteiger partial charge in [0.2, 0.25) is 0 Å². The summed E-state index contributed by atoms with van der Waals surface area (Å²) < 4.78 is 25.3. The fourth-order valence-corrected chi connectivity index (χ4v) is 1.26. The average molecular weight is 223 g/mol. The molecule has 0 heterocycles. The van der Waals surface area contributed by atoms with Crippen LogP contribution in [0.1, 0.15) is 5.56 Å². The van der Waals surface area contributed by atoms with Crippen molar-refractivity contribution < 1.29 is 13.9 Å². The average Bonchev–Trinajstić information content (AvgIpc) is 1.85. The van der Waals surface area contributed by atoms with Gasteiger partial charge in [0.1, 0.15) is 11.6 Å². The van der Waals surface area contributed by atoms with E-state index < -0.39 is 18.2 Å². The fraction of sp³-hybridized carbons (Fsp3) is 0.143. The Balaban J connectivity index is 3.25. The van der Waals surface area contributed by atoms with Crippen LogP contribution in [-0.4, -0.2) is 5.11 Å². The second-order valence-corrected chi connectivity index (χ2v) is 2.86. The monoisotopic (exact) mass is 222 g/mol. The van der Waals surface area contributed by atoms with Crippen LogP contribution < -0.4 is 0 Å². The molecule has 1 aromatic carbocycles. The summed E-state index contributed by atoms with van der Waals surface area (Å²) in [7, 11) is 0. The molecule has 0 aliphatic rings. The molecule has 0 spiro atoms. The van der Waals surface area contributed by atoms with Crippen LogP contribution in [0.4, 0.5) is 8.78 Å². The first kappa shape index (κ1) is 8.62. The molecule has 0 aromatic heterocycles. The highest BCUT2D eigenvalue weighted by Gasteiger charge is 2.07. The van der Waals surface area contributed by atoms with Crippen molar-refractivity contribution >= 4 is 15.9 Å². The molecule has 11 heavy (non-hydrogen) atoms. The third-order valence-corrected chi connectivity index (χ3v) is 1.97. The zero-order valence-electron chi connectivity index (χ0n) is 5.44. The minimum absolute atomic E-state index is 0.0754. The van der Waals surface area contributed by atoms with E-state index in [0.29, 0.717) is 0 Å². The topological polar surface area (TPSA) is 20.2 Å². The SMILES string of the molecule is OCc1c(F)cc(F)cc1Br. The van der Waals surface area contributed by atoms with E-state index in [2.05, 4.69) is 15.9 Å². The second kappa shape index (κ2) is 3.28. The molecule has 0 radical (unpaired) electrons. The van der Waals surface area contributed by atoms with Crippen LogP contribution in [-0.2, 0) is 6.61 Å². The predicted molar refractivity (Wildman–Crippen MR) is 40.0 cm³/mol. The van der Waals surface area contributed by atoms with Crippen molar-refractivity contribution in [3.63, 3.8) is 0 Å². The highest BCUT2D eigenvalue weighted by molar-refractivity contribution is 9.10. The molecule has 0 atom stereocenters. The maximum atomic E-state index is 12.7. The van der Waals surface area contributed by atoms with Crippen molar-refractivity contribution in [3.05, 3.63) is 33.8 Å². The molecule has 0 saturated carbocycles. The molecule has 1 aromatic rings. The Morgan fingerprint density at radius 3 is 2.45 bits per heavy atom. The number of hydrogen-bond donors (Lipinski definition) is 1. The summed E-state index contributed by atoms with van der Waals surface area (Å²) >= 11 is 2.92. The number of aliphatic hydroxyl groups excluding tert-OH is 1. The van der Waals surface area contributed by atoms with Gasteiger partial charge < -0.3 is 5.11 Å². The standard InChI is InChI=1S/C7H5BrF2O/c8-6-1-4(9)2-7(10)5(6)3-11/h1-2,11H,3H2. The van der Waals surface area contributed by atoms with Gasteiger partial charge in [-0.3, -0.25) is 0 Å². The summed E-state index contributed by atoms with van der Waals surface area (Å²) in [5, 5.41) is 8.60. The molecule has 60 valence electrons. The van der Waals surface area contributed by atoms with Gasteiger partial charge >= 0.3 is 0 Å². The summed E-state index contributed by atoms with van der Waals surface area (Å²) in [6.07, 6.45) is 0. The van der Waals surface area contributed by atoms with Crippen molar-refractivity contribution in [3.8, 4) is 0 Å². The van der Waals surface area contributed by atoms with Gasteiger partial charge in [-0.15, -0.1) is 0 Å². The van der Waals surface area contributed by atoms with Crippen molar-refractivity contribution in [2.24, 2.45) is 0 Å². The molecule has 0 aliphatic heterocycles. The van der Waals surface area contributed by atoms with Crippen LogP contribution in [0.25, 0.3) is 0 Å². The van der Waals surface area contributed by atoms with Gasteiger partial charge in [0.25, 0.3) is 0 Å². The highest BCUT2D eigenvalue weighted by Crippen LogP contribution is 2.21. The van der Waals surface area contributed by atoms with Crippen LogP contribution in [0.5, 0.6) is 0 Å². The van der Waals surface area contributed by atoms with Crippen LogP contribution in [0.3, 0.4) is 0 Å². The van der Waals surface area contributed by atoms with E-state index in [4.69, 9.17) is 5.11 Å². The van der Waals surface area contributed by atoms with Gasteiger partial charge in [-0.25, -0.2) is 8.78 Å². The van der Waals surface area contributed by atoms with Gasteiger partial charge in [-0.1, -0.05) is 15.9 Å². The molecule has 0 saturated heterocycles. The minimum Gasteiger partial charge on any atom is -0.392 e. The Bertz CT molecular complexity index is 252. The lowest BCUT2D eigenvalue weighted by molar-refractivity contribution is 0.274. The third-order valence-electron chi connectivity index (χ3n) is 1.26. The van der Waals surface area contributed by atoms with Crippen LogP contribution >= 0.6 is 15.9 Å². The van der Waals surface area contributed by atoms with Gasteiger partial charge in [0.15, 0.2) is 0 Å². The van der Waals surface area contributed by atoms with E-state index in [1.54, 1.807) is 0 Å².